The summed E-state index contributed by atoms with van der Waals surface area (Å²) >= 11 is 0. The van der Waals surface area contributed by atoms with Crippen molar-refractivity contribution in [3.63, 3.8) is 0 Å². The van der Waals surface area contributed by atoms with Crippen LogP contribution in [0.5, 0.6) is 0 Å². The Labute approximate surface area is 280 Å². The van der Waals surface area contributed by atoms with E-state index in [2.05, 4.69) is 140 Å². The number of anilines is 2. The summed E-state index contributed by atoms with van der Waals surface area (Å²) in [6, 6.07) is 33.6. The molecule has 0 radical (unpaired) electrons. The minimum atomic E-state index is -0.856. The highest BCUT2D eigenvalue weighted by Crippen LogP contribution is 2.45. The second-order valence-corrected chi connectivity index (χ2v) is 11.9. The van der Waals surface area contributed by atoms with Crippen molar-refractivity contribution in [2.24, 2.45) is 4.99 Å². The van der Waals surface area contributed by atoms with Gasteiger partial charge in [0.05, 0.1) is 11.4 Å². The van der Waals surface area contributed by atoms with Gasteiger partial charge in [0.2, 0.25) is 5.79 Å². The lowest BCUT2D eigenvalue weighted by Crippen LogP contribution is -2.62. The van der Waals surface area contributed by atoms with Crippen molar-refractivity contribution >= 4 is 50.5 Å². The molecular formula is C42H47N5. The molecule has 4 aromatic carbocycles. The van der Waals surface area contributed by atoms with Crippen LogP contribution in [0.3, 0.4) is 0 Å². The highest BCUT2D eigenvalue weighted by Gasteiger charge is 2.43. The molecule has 0 saturated heterocycles. The second kappa shape index (κ2) is 13.6. The van der Waals surface area contributed by atoms with Gasteiger partial charge in [0, 0.05) is 44.6 Å². The molecule has 0 fully saturated rings. The van der Waals surface area contributed by atoms with Crippen LogP contribution in [0, 0.1) is 0 Å². The maximum absolute atomic E-state index is 5.46. The molecule has 47 heavy (non-hydrogen) atoms. The lowest BCUT2D eigenvalue weighted by atomic mass is 9.99. The number of hydrazine groups is 1. The Bertz CT molecular complexity index is 2010. The molecule has 2 heterocycles. The quantitative estimate of drug-likeness (QED) is 0.169. The van der Waals surface area contributed by atoms with Gasteiger partial charge in [0.1, 0.15) is 5.82 Å². The number of aromatic nitrogens is 1. The summed E-state index contributed by atoms with van der Waals surface area (Å²) in [6.07, 6.45) is 0.805. The minimum Gasteiger partial charge on any atom is -0.344 e. The van der Waals surface area contributed by atoms with E-state index in [0.29, 0.717) is 0 Å². The molecule has 6 rings (SSSR count). The Balaban J connectivity index is 0.00000213. The van der Waals surface area contributed by atoms with E-state index in [1.165, 1.54) is 11.1 Å². The summed E-state index contributed by atoms with van der Waals surface area (Å²) in [6.45, 7) is 27.6. The van der Waals surface area contributed by atoms with Crippen molar-refractivity contribution in [2.75, 3.05) is 10.4 Å². The standard InChI is InChI=1S/C40H41N5.C2H6/c1-9-37-34-22-12-13-23-35(34)39(41-28(6)32-20-11-10-18-30(32)26(2)3)44(37)40(8)42-29(7)33-21-15-17-25-38(33)45(40)43-36-24-16-14-19-31(36)27(4)5;1-2/h10-25,42-43H,2,4,7,9H2,1,3,5-6,8H3;1-2H3/b41-28+;. The first-order valence-electron chi connectivity index (χ1n) is 16.5. The van der Waals surface area contributed by atoms with Gasteiger partial charge in [-0.15, -0.1) is 0 Å². The zero-order valence-corrected chi connectivity index (χ0v) is 28.9. The summed E-state index contributed by atoms with van der Waals surface area (Å²) in [7, 11) is 0. The van der Waals surface area contributed by atoms with Crippen LogP contribution in [0.1, 0.15) is 76.4 Å². The fourth-order valence-corrected chi connectivity index (χ4v) is 6.58. The van der Waals surface area contributed by atoms with Gasteiger partial charge in [0.25, 0.3) is 0 Å². The molecule has 0 amide bonds. The first-order valence-corrected chi connectivity index (χ1v) is 16.5. The zero-order valence-electron chi connectivity index (χ0n) is 28.9. The second-order valence-electron chi connectivity index (χ2n) is 11.9. The predicted octanol–water partition coefficient (Wildman–Crippen LogP) is 11.2. The third kappa shape index (κ3) is 5.90. The van der Waals surface area contributed by atoms with E-state index < -0.39 is 5.79 Å². The van der Waals surface area contributed by atoms with E-state index in [0.717, 1.165) is 73.8 Å². The summed E-state index contributed by atoms with van der Waals surface area (Å²) in [5.74, 6) is 0.0176. The Morgan fingerprint density at radius 3 is 1.98 bits per heavy atom. The maximum Gasteiger partial charge on any atom is 0.210 e. The van der Waals surface area contributed by atoms with Crippen LogP contribution in [-0.4, -0.2) is 10.3 Å². The van der Waals surface area contributed by atoms with Crippen molar-refractivity contribution in [1.29, 1.82) is 0 Å². The van der Waals surface area contributed by atoms with Crippen LogP contribution >= 0.6 is 0 Å². The van der Waals surface area contributed by atoms with Crippen LogP contribution in [0.4, 0.5) is 17.2 Å². The number of benzene rings is 4. The van der Waals surface area contributed by atoms with Crippen LogP contribution in [0.25, 0.3) is 27.6 Å². The highest BCUT2D eigenvalue weighted by atomic mass is 15.7. The Kier molecular flexibility index (Phi) is 9.57. The first kappa shape index (κ1) is 33.1. The molecule has 1 aliphatic heterocycles. The number of hydrogen-bond donors (Lipinski definition) is 2. The number of hydrogen-bond acceptors (Lipinski definition) is 4. The molecule has 1 aliphatic rings. The maximum atomic E-state index is 5.46. The van der Waals surface area contributed by atoms with Crippen LogP contribution in [0.15, 0.2) is 122 Å². The average Bonchev–Trinajstić information content (AvgIpc) is 3.41. The number of nitrogens with zero attached hydrogens (tertiary/aromatic N) is 3. The molecule has 5 heteroatoms. The van der Waals surface area contributed by atoms with E-state index in [1.54, 1.807) is 0 Å². The minimum absolute atomic E-state index is 0.805. The number of aliphatic imine (C=N–C) groups is 1. The van der Waals surface area contributed by atoms with E-state index in [9.17, 15) is 0 Å². The fourth-order valence-electron chi connectivity index (χ4n) is 6.58. The Morgan fingerprint density at radius 1 is 0.766 bits per heavy atom. The normalized spacial score (nSPS) is 15.8. The Morgan fingerprint density at radius 2 is 1.32 bits per heavy atom. The van der Waals surface area contributed by atoms with E-state index in [1.807, 2.05) is 45.9 Å². The number of allylic oxidation sites excluding steroid dienone is 2. The monoisotopic (exact) mass is 621 g/mol. The largest absolute Gasteiger partial charge is 0.344 e. The van der Waals surface area contributed by atoms with Gasteiger partial charge in [-0.3, -0.25) is 9.99 Å². The molecule has 2 N–H and O–H groups in total. The number of fused-ring (bicyclic) bond motifs is 2. The van der Waals surface area contributed by atoms with Crippen molar-refractivity contribution in [3.05, 3.63) is 145 Å². The highest BCUT2D eigenvalue weighted by molar-refractivity contribution is 6.06. The van der Waals surface area contributed by atoms with Crippen molar-refractivity contribution in [1.82, 2.24) is 9.88 Å². The molecule has 0 saturated carbocycles. The molecule has 1 atom stereocenters. The molecule has 0 aliphatic carbocycles. The number of para-hydroxylation sites is 2. The smallest absolute Gasteiger partial charge is 0.210 e. The van der Waals surface area contributed by atoms with Gasteiger partial charge < -0.3 is 5.32 Å². The van der Waals surface area contributed by atoms with E-state index >= 15 is 0 Å². The van der Waals surface area contributed by atoms with E-state index in [4.69, 9.17) is 4.99 Å². The Hall–Kier alpha value is -5.29. The predicted molar refractivity (Wildman–Crippen MR) is 205 cm³/mol. The molecule has 5 aromatic rings. The third-order valence-electron chi connectivity index (χ3n) is 8.69. The average molecular weight is 622 g/mol. The van der Waals surface area contributed by atoms with E-state index in [-0.39, 0.29) is 0 Å². The molecular weight excluding hydrogens is 574 g/mol. The van der Waals surface area contributed by atoms with Gasteiger partial charge in [-0.25, -0.2) is 10.0 Å². The third-order valence-corrected chi connectivity index (χ3v) is 8.69. The van der Waals surface area contributed by atoms with Gasteiger partial charge in [0.15, 0.2) is 0 Å². The molecule has 1 aromatic heterocycles. The van der Waals surface area contributed by atoms with Crippen molar-refractivity contribution in [2.45, 2.75) is 60.7 Å². The number of aryl methyl sites for hydroxylation is 1. The SMILES string of the molecule is C=C(C)c1ccccc1NN1c2ccccc2C(=C)NC1(C)n1c(CC)c2ccccc2c1/N=C(\C)c1ccccc1C(=C)C.CC. The number of nitrogens with one attached hydrogen (secondary N) is 2. The summed E-state index contributed by atoms with van der Waals surface area (Å²) in [4.78, 5) is 5.46. The lowest BCUT2D eigenvalue weighted by Gasteiger charge is -2.50. The van der Waals surface area contributed by atoms with Crippen molar-refractivity contribution in [3.8, 4) is 0 Å². The fraction of sp³-hybridized carbons (Fsp3) is 0.214. The lowest BCUT2D eigenvalue weighted by molar-refractivity contribution is 0.269. The molecule has 0 bridgehead atoms. The molecule has 1 unspecified atom stereocenters. The number of rotatable bonds is 8. The zero-order chi connectivity index (χ0) is 33.9. The van der Waals surface area contributed by atoms with Crippen LogP contribution in [-0.2, 0) is 12.2 Å². The molecule has 240 valence electrons. The topological polar surface area (TPSA) is 44.6 Å². The van der Waals surface area contributed by atoms with Gasteiger partial charge >= 0.3 is 0 Å². The van der Waals surface area contributed by atoms with Gasteiger partial charge in [-0.1, -0.05) is 131 Å². The van der Waals surface area contributed by atoms with Crippen LogP contribution < -0.4 is 15.8 Å². The summed E-state index contributed by atoms with van der Waals surface area (Å²) in [5, 5.41) is 8.31. The first-order chi connectivity index (χ1) is 22.7. The molecule has 5 nitrogen and oxygen atoms in total. The van der Waals surface area contributed by atoms with Crippen molar-refractivity contribution < 1.29 is 0 Å². The van der Waals surface area contributed by atoms with Crippen LogP contribution in [0.2, 0.25) is 0 Å². The molecule has 0 spiro atoms. The van der Waals surface area contributed by atoms with Gasteiger partial charge in [-0.05, 0) is 57.4 Å². The summed E-state index contributed by atoms with van der Waals surface area (Å²) < 4.78 is 2.35. The summed E-state index contributed by atoms with van der Waals surface area (Å²) in [5.41, 5.74) is 15.0. The van der Waals surface area contributed by atoms with Gasteiger partial charge in [-0.2, -0.15) is 0 Å².